The molecule has 0 radical (unpaired) electrons. The molecule has 0 unspecified atom stereocenters. The Labute approximate surface area is 176 Å². The van der Waals surface area contributed by atoms with Crippen LogP contribution < -0.4 is 15.7 Å². The van der Waals surface area contributed by atoms with Crippen LogP contribution in [0.25, 0.3) is 6.08 Å². The second kappa shape index (κ2) is 8.74. The van der Waals surface area contributed by atoms with Gasteiger partial charge in [0.05, 0.1) is 7.11 Å². The van der Waals surface area contributed by atoms with Gasteiger partial charge in [-0.25, -0.2) is 0 Å². The molecule has 0 aromatic heterocycles. The van der Waals surface area contributed by atoms with Crippen LogP contribution in [0.3, 0.4) is 0 Å². The first-order valence-corrected chi connectivity index (χ1v) is 10.3. The Morgan fingerprint density at radius 2 is 1.07 bits per heavy atom. The summed E-state index contributed by atoms with van der Waals surface area (Å²) < 4.78 is 5.29. The zero-order valence-corrected chi connectivity index (χ0v) is 18.8. The third-order valence-corrected chi connectivity index (χ3v) is 5.70. The number of rotatable bonds is 5. The maximum absolute atomic E-state index is 5.29. The molecule has 0 aliphatic heterocycles. The Kier molecular flexibility index (Phi) is 6.32. The summed E-state index contributed by atoms with van der Waals surface area (Å²) in [6, 6.07) is 17.4. The Balaban J connectivity index is 2.16. The number of benzene rings is 3. The first-order chi connectivity index (χ1) is 13.8. The van der Waals surface area contributed by atoms with Gasteiger partial charge in [-0.2, -0.15) is 0 Å². The molecule has 3 aromatic carbocycles. The Morgan fingerprint density at radius 1 is 0.655 bits per heavy atom. The van der Waals surface area contributed by atoms with Crippen molar-refractivity contribution in [3.8, 4) is 5.75 Å². The van der Waals surface area contributed by atoms with Gasteiger partial charge in [-0.1, -0.05) is 86.8 Å². The predicted octanol–water partition coefficient (Wildman–Crippen LogP) is 5.41. The summed E-state index contributed by atoms with van der Waals surface area (Å²) in [7, 11) is 1.70. The van der Waals surface area contributed by atoms with Crippen LogP contribution in [-0.2, 0) is 0 Å². The van der Waals surface area contributed by atoms with E-state index in [9.17, 15) is 0 Å². The molecule has 0 N–H and O–H groups in total. The van der Waals surface area contributed by atoms with Crippen molar-refractivity contribution in [2.45, 2.75) is 41.5 Å². The molecule has 0 bridgehead atoms. The second-order valence-electron chi connectivity index (χ2n) is 8.23. The molecule has 0 saturated heterocycles. The van der Waals surface area contributed by atoms with E-state index >= 15 is 0 Å². The minimum atomic E-state index is 0.221. The first kappa shape index (κ1) is 21.0. The van der Waals surface area contributed by atoms with Crippen molar-refractivity contribution < 1.29 is 4.74 Å². The predicted molar refractivity (Wildman–Crippen MR) is 128 cm³/mol. The van der Waals surface area contributed by atoms with Crippen molar-refractivity contribution in [2.24, 2.45) is 0 Å². The van der Waals surface area contributed by atoms with Crippen molar-refractivity contribution in [2.75, 3.05) is 7.11 Å². The van der Waals surface area contributed by atoms with E-state index in [2.05, 4.69) is 90.0 Å². The number of ether oxygens (including phenoxy) is 1. The molecule has 0 fully saturated rings. The van der Waals surface area contributed by atoms with Gasteiger partial charge < -0.3 is 4.74 Å². The maximum Gasteiger partial charge on any atom is 0.235 e. The van der Waals surface area contributed by atoms with Crippen LogP contribution in [-0.4, -0.2) is 13.8 Å². The molecular formula is C27H31BO. The zero-order chi connectivity index (χ0) is 21.1. The van der Waals surface area contributed by atoms with E-state index < -0.39 is 0 Å². The number of hydrogen-bond acceptors (Lipinski definition) is 1. The summed E-state index contributed by atoms with van der Waals surface area (Å²) in [5, 5.41) is 0. The highest BCUT2D eigenvalue weighted by Crippen LogP contribution is 2.16. The van der Waals surface area contributed by atoms with E-state index in [0.717, 1.165) is 5.75 Å². The molecule has 0 amide bonds. The monoisotopic (exact) mass is 382 g/mol. The summed E-state index contributed by atoms with van der Waals surface area (Å²) in [5.41, 5.74) is 12.1. The highest BCUT2D eigenvalue weighted by atomic mass is 16.5. The lowest BCUT2D eigenvalue weighted by Crippen LogP contribution is -2.46. The normalized spacial score (nSPS) is 11.1. The van der Waals surface area contributed by atoms with Gasteiger partial charge in [0.2, 0.25) is 6.71 Å². The third-order valence-electron chi connectivity index (χ3n) is 5.70. The Hall–Kier alpha value is -2.74. The van der Waals surface area contributed by atoms with Crippen molar-refractivity contribution in [3.05, 3.63) is 93.5 Å². The molecule has 0 saturated carbocycles. The quantitative estimate of drug-likeness (QED) is 0.537. The second-order valence-corrected chi connectivity index (χ2v) is 8.23. The molecule has 0 heterocycles. The lowest BCUT2D eigenvalue weighted by Gasteiger charge is -2.22. The van der Waals surface area contributed by atoms with Crippen LogP contribution in [0.2, 0.25) is 0 Å². The molecule has 1 nitrogen and oxygen atoms in total. The van der Waals surface area contributed by atoms with Gasteiger partial charge in [0.25, 0.3) is 0 Å². The van der Waals surface area contributed by atoms with Crippen LogP contribution in [0.5, 0.6) is 5.75 Å². The summed E-state index contributed by atoms with van der Waals surface area (Å²) >= 11 is 0. The Morgan fingerprint density at radius 3 is 1.45 bits per heavy atom. The zero-order valence-electron chi connectivity index (χ0n) is 18.8. The SMILES string of the molecule is COc1ccc(/C=C/B(c2c(C)cc(C)cc2C)c2c(C)cc(C)cc2C)cc1. The van der Waals surface area contributed by atoms with Gasteiger partial charge in [-0.05, 0) is 59.2 Å². The van der Waals surface area contributed by atoms with Gasteiger partial charge >= 0.3 is 0 Å². The van der Waals surface area contributed by atoms with E-state index in [1.165, 1.54) is 49.9 Å². The smallest absolute Gasteiger partial charge is 0.235 e. The summed E-state index contributed by atoms with van der Waals surface area (Å²) in [4.78, 5) is 0. The highest BCUT2D eigenvalue weighted by Gasteiger charge is 2.24. The summed E-state index contributed by atoms with van der Waals surface area (Å²) in [6.07, 6.45) is 2.24. The summed E-state index contributed by atoms with van der Waals surface area (Å²) in [5.74, 6) is 3.24. The standard InChI is InChI=1S/C27H31BO/c1-18-14-20(3)26(21(4)15-18)28(27-22(5)16-19(2)17-23(27)6)13-12-24-8-10-25(29-7)11-9-24/h8-17H,1-7H3/b13-12+. The van der Waals surface area contributed by atoms with Crippen LogP contribution >= 0.6 is 0 Å². The molecule has 3 aromatic rings. The van der Waals surface area contributed by atoms with E-state index in [-0.39, 0.29) is 6.71 Å². The fourth-order valence-electron chi connectivity index (χ4n) is 4.62. The van der Waals surface area contributed by atoms with Crippen molar-refractivity contribution >= 4 is 23.7 Å². The topological polar surface area (TPSA) is 9.23 Å². The minimum Gasteiger partial charge on any atom is -0.497 e. The number of hydrogen-bond donors (Lipinski definition) is 0. The molecule has 29 heavy (non-hydrogen) atoms. The van der Waals surface area contributed by atoms with E-state index in [4.69, 9.17) is 4.74 Å². The largest absolute Gasteiger partial charge is 0.497 e. The molecular weight excluding hydrogens is 351 g/mol. The molecule has 0 spiro atoms. The van der Waals surface area contributed by atoms with Crippen LogP contribution in [0.4, 0.5) is 0 Å². The first-order valence-electron chi connectivity index (χ1n) is 10.3. The van der Waals surface area contributed by atoms with E-state index in [0.29, 0.717) is 0 Å². The van der Waals surface area contributed by atoms with Gasteiger partial charge in [-0.15, -0.1) is 5.98 Å². The van der Waals surface area contributed by atoms with Crippen LogP contribution in [0.1, 0.15) is 38.9 Å². The average Bonchev–Trinajstić information content (AvgIpc) is 2.64. The third kappa shape index (κ3) is 4.64. The fourth-order valence-corrected chi connectivity index (χ4v) is 4.62. The van der Waals surface area contributed by atoms with Crippen molar-refractivity contribution in [1.29, 1.82) is 0 Å². The van der Waals surface area contributed by atoms with Gasteiger partial charge in [-0.3, -0.25) is 0 Å². The van der Waals surface area contributed by atoms with Crippen LogP contribution in [0.15, 0.2) is 54.5 Å². The molecule has 2 heteroatoms. The number of aryl methyl sites for hydroxylation is 6. The van der Waals surface area contributed by atoms with Crippen molar-refractivity contribution in [1.82, 2.24) is 0 Å². The highest BCUT2D eigenvalue weighted by molar-refractivity contribution is 6.90. The Bertz CT molecular complexity index is 941. The molecule has 0 aliphatic carbocycles. The minimum absolute atomic E-state index is 0.221. The fraction of sp³-hybridized carbons (Fsp3) is 0.259. The van der Waals surface area contributed by atoms with E-state index in [1.807, 2.05) is 12.1 Å². The van der Waals surface area contributed by atoms with Crippen molar-refractivity contribution in [3.63, 3.8) is 0 Å². The lowest BCUT2D eigenvalue weighted by atomic mass is 9.37. The molecule has 0 atom stereocenters. The summed E-state index contributed by atoms with van der Waals surface area (Å²) in [6.45, 7) is 13.5. The number of methoxy groups -OCH3 is 1. The van der Waals surface area contributed by atoms with Gasteiger partial charge in [0, 0.05) is 0 Å². The average molecular weight is 382 g/mol. The van der Waals surface area contributed by atoms with Gasteiger partial charge in [0.1, 0.15) is 5.75 Å². The van der Waals surface area contributed by atoms with E-state index in [1.54, 1.807) is 7.11 Å². The maximum atomic E-state index is 5.29. The van der Waals surface area contributed by atoms with Gasteiger partial charge in [0.15, 0.2) is 0 Å². The molecule has 3 rings (SSSR count). The lowest BCUT2D eigenvalue weighted by molar-refractivity contribution is 0.415. The van der Waals surface area contributed by atoms with Crippen LogP contribution in [0, 0.1) is 41.5 Å². The molecule has 148 valence electrons. The molecule has 0 aliphatic rings.